The van der Waals surface area contributed by atoms with Crippen LogP contribution in [0.4, 0.5) is 4.39 Å². The Morgan fingerprint density at radius 1 is 1.13 bits per heavy atom. The van der Waals surface area contributed by atoms with Crippen molar-refractivity contribution in [3.8, 4) is 11.4 Å². The average molecular weight is 441 g/mol. The predicted molar refractivity (Wildman–Crippen MR) is 125 cm³/mol. The van der Waals surface area contributed by atoms with Crippen LogP contribution in [0.25, 0.3) is 5.69 Å². The van der Waals surface area contributed by atoms with Gasteiger partial charge >= 0.3 is 0 Å². The lowest BCUT2D eigenvalue weighted by Gasteiger charge is -2.20. The molecule has 3 rings (SSSR count). The van der Waals surface area contributed by atoms with E-state index >= 15 is 0 Å². The number of ether oxygens (including phenoxy) is 1. The summed E-state index contributed by atoms with van der Waals surface area (Å²) >= 11 is 1.42. The van der Waals surface area contributed by atoms with Crippen molar-refractivity contribution in [1.82, 2.24) is 9.55 Å². The van der Waals surface area contributed by atoms with E-state index in [0.717, 1.165) is 35.4 Å². The number of nitrogens with zero attached hydrogens (tertiary/aromatic N) is 2. The molecule has 0 N–H and O–H groups in total. The minimum Gasteiger partial charge on any atom is -0.493 e. The van der Waals surface area contributed by atoms with E-state index in [2.05, 4.69) is 32.7 Å². The van der Waals surface area contributed by atoms with Crippen LogP contribution in [0.5, 0.6) is 5.75 Å². The van der Waals surface area contributed by atoms with Crippen LogP contribution in [0.2, 0.25) is 0 Å². The number of halogens is 1. The van der Waals surface area contributed by atoms with Crippen LogP contribution in [0.15, 0.2) is 64.7 Å². The molecule has 0 saturated heterocycles. The quantitative estimate of drug-likeness (QED) is 0.422. The molecular formula is C25H29FN2O2S. The van der Waals surface area contributed by atoms with Crippen molar-refractivity contribution in [2.75, 3.05) is 12.4 Å². The van der Waals surface area contributed by atoms with Crippen LogP contribution in [-0.4, -0.2) is 21.9 Å². The number of aryl methyl sites for hydroxylation is 2. The molecule has 164 valence electrons. The number of hydrogen-bond donors (Lipinski definition) is 0. The summed E-state index contributed by atoms with van der Waals surface area (Å²) in [7, 11) is 0. The molecule has 0 aliphatic rings. The first-order valence-corrected chi connectivity index (χ1v) is 11.5. The molecule has 0 amide bonds. The Balaban J connectivity index is 1.75. The smallest absolute Gasteiger partial charge is 0.287 e. The van der Waals surface area contributed by atoms with E-state index in [1.54, 1.807) is 29.1 Å². The number of aromatic nitrogens is 2. The molecule has 31 heavy (non-hydrogen) atoms. The summed E-state index contributed by atoms with van der Waals surface area (Å²) in [5.41, 5.74) is 2.83. The molecule has 0 atom stereocenters. The monoisotopic (exact) mass is 440 g/mol. The van der Waals surface area contributed by atoms with Gasteiger partial charge in [-0.3, -0.25) is 9.36 Å². The Labute approximate surface area is 187 Å². The summed E-state index contributed by atoms with van der Waals surface area (Å²) in [6, 6.07) is 12.3. The Morgan fingerprint density at radius 3 is 2.55 bits per heavy atom. The van der Waals surface area contributed by atoms with Gasteiger partial charge in [0.05, 0.1) is 6.61 Å². The minimum absolute atomic E-state index is 0.0752. The third-order valence-corrected chi connectivity index (χ3v) is 5.68. The topological polar surface area (TPSA) is 44.1 Å². The molecular weight excluding hydrogens is 411 g/mol. The standard InChI is InChI=1S/C25H29FN2O2S/c1-5-19-16-21(10-11-22(19)30-17-25(2,3)4)28-14-13-27-23(24(28)29)31-15-12-18-6-8-20(26)9-7-18/h6-11,13-14,16H,5,12,15,17H2,1-4H3. The average Bonchev–Trinajstić information content (AvgIpc) is 2.74. The van der Waals surface area contributed by atoms with E-state index < -0.39 is 0 Å². The first-order chi connectivity index (χ1) is 14.8. The highest BCUT2D eigenvalue weighted by Crippen LogP contribution is 2.25. The van der Waals surface area contributed by atoms with Gasteiger partial charge in [0.1, 0.15) is 11.6 Å². The van der Waals surface area contributed by atoms with Crippen LogP contribution >= 0.6 is 11.8 Å². The van der Waals surface area contributed by atoms with Crippen molar-refractivity contribution in [2.24, 2.45) is 5.41 Å². The van der Waals surface area contributed by atoms with Crippen molar-refractivity contribution in [2.45, 2.75) is 45.6 Å². The van der Waals surface area contributed by atoms with Crippen LogP contribution < -0.4 is 10.3 Å². The Hall–Kier alpha value is -2.60. The molecule has 0 fully saturated rings. The van der Waals surface area contributed by atoms with E-state index in [0.29, 0.717) is 17.4 Å². The minimum atomic E-state index is -0.245. The van der Waals surface area contributed by atoms with Crippen LogP contribution in [-0.2, 0) is 12.8 Å². The zero-order valence-electron chi connectivity index (χ0n) is 18.5. The number of benzene rings is 2. The van der Waals surface area contributed by atoms with Gasteiger partial charge in [0.25, 0.3) is 5.56 Å². The Bertz CT molecular complexity index is 1070. The van der Waals surface area contributed by atoms with E-state index in [9.17, 15) is 9.18 Å². The first-order valence-electron chi connectivity index (χ1n) is 10.5. The van der Waals surface area contributed by atoms with Crippen LogP contribution in [0, 0.1) is 11.2 Å². The fourth-order valence-electron chi connectivity index (χ4n) is 3.04. The largest absolute Gasteiger partial charge is 0.493 e. The molecule has 0 unspecified atom stereocenters. The molecule has 1 heterocycles. The van der Waals surface area contributed by atoms with Gasteiger partial charge < -0.3 is 4.74 Å². The fourth-order valence-corrected chi connectivity index (χ4v) is 3.93. The Morgan fingerprint density at radius 2 is 1.87 bits per heavy atom. The van der Waals surface area contributed by atoms with Gasteiger partial charge in [0.2, 0.25) is 0 Å². The molecule has 0 saturated carbocycles. The fraction of sp³-hybridized carbons (Fsp3) is 0.360. The number of hydrogen-bond acceptors (Lipinski definition) is 4. The summed E-state index contributed by atoms with van der Waals surface area (Å²) in [6.45, 7) is 9.12. The lowest BCUT2D eigenvalue weighted by molar-refractivity contribution is 0.196. The molecule has 0 radical (unpaired) electrons. The van der Waals surface area contributed by atoms with Crippen molar-refractivity contribution in [3.05, 3.63) is 82.2 Å². The predicted octanol–water partition coefficient (Wildman–Crippen LogP) is 5.69. The highest BCUT2D eigenvalue weighted by Gasteiger charge is 2.14. The highest BCUT2D eigenvalue weighted by molar-refractivity contribution is 7.99. The maximum Gasteiger partial charge on any atom is 0.287 e. The Kier molecular flexibility index (Phi) is 7.55. The van der Waals surface area contributed by atoms with Gasteiger partial charge in [0, 0.05) is 23.8 Å². The molecule has 4 nitrogen and oxygen atoms in total. The normalized spacial score (nSPS) is 11.5. The van der Waals surface area contributed by atoms with Crippen molar-refractivity contribution >= 4 is 11.8 Å². The van der Waals surface area contributed by atoms with Gasteiger partial charge in [-0.05, 0) is 59.7 Å². The number of rotatable bonds is 8. The van der Waals surface area contributed by atoms with Gasteiger partial charge in [0.15, 0.2) is 5.03 Å². The zero-order valence-corrected chi connectivity index (χ0v) is 19.3. The maximum atomic E-state index is 13.0. The molecule has 0 aliphatic heterocycles. The van der Waals surface area contributed by atoms with E-state index in [1.807, 2.05) is 18.2 Å². The van der Waals surface area contributed by atoms with Gasteiger partial charge in [-0.2, -0.15) is 0 Å². The molecule has 1 aromatic heterocycles. The third kappa shape index (κ3) is 6.44. The second kappa shape index (κ2) is 10.1. The summed E-state index contributed by atoms with van der Waals surface area (Å²) < 4.78 is 20.7. The highest BCUT2D eigenvalue weighted by atomic mass is 32.2. The van der Waals surface area contributed by atoms with Gasteiger partial charge in [-0.15, -0.1) is 11.8 Å². The molecule has 2 aromatic carbocycles. The molecule has 0 spiro atoms. The zero-order chi connectivity index (χ0) is 22.4. The van der Waals surface area contributed by atoms with Crippen molar-refractivity contribution in [1.29, 1.82) is 0 Å². The van der Waals surface area contributed by atoms with E-state index in [-0.39, 0.29) is 16.8 Å². The summed E-state index contributed by atoms with van der Waals surface area (Å²) in [4.78, 5) is 17.3. The van der Waals surface area contributed by atoms with Gasteiger partial charge in [-0.1, -0.05) is 39.8 Å². The molecule has 3 aromatic rings. The lowest BCUT2D eigenvalue weighted by Crippen LogP contribution is -2.21. The SMILES string of the molecule is CCc1cc(-n2ccnc(SCCc3ccc(F)cc3)c2=O)ccc1OCC(C)(C)C. The molecule has 0 aliphatic carbocycles. The van der Waals surface area contributed by atoms with Crippen molar-refractivity contribution in [3.63, 3.8) is 0 Å². The number of thioether (sulfide) groups is 1. The lowest BCUT2D eigenvalue weighted by atomic mass is 9.98. The van der Waals surface area contributed by atoms with E-state index in [4.69, 9.17) is 4.74 Å². The third-order valence-electron chi connectivity index (χ3n) is 4.72. The second-order valence-electron chi connectivity index (χ2n) is 8.63. The summed E-state index contributed by atoms with van der Waals surface area (Å²) in [5, 5.41) is 0.454. The van der Waals surface area contributed by atoms with Crippen LogP contribution in [0.1, 0.15) is 38.8 Å². The molecule has 6 heteroatoms. The second-order valence-corrected chi connectivity index (χ2v) is 9.71. The molecule has 0 bridgehead atoms. The van der Waals surface area contributed by atoms with E-state index in [1.165, 1.54) is 23.9 Å². The summed E-state index contributed by atoms with van der Waals surface area (Å²) in [5.74, 6) is 1.31. The first kappa shape index (κ1) is 23.1. The summed E-state index contributed by atoms with van der Waals surface area (Å²) in [6.07, 6.45) is 4.89. The van der Waals surface area contributed by atoms with Crippen molar-refractivity contribution < 1.29 is 9.13 Å². The maximum absolute atomic E-state index is 13.0. The van der Waals surface area contributed by atoms with Crippen LogP contribution in [0.3, 0.4) is 0 Å². The van der Waals surface area contributed by atoms with Gasteiger partial charge in [-0.25, -0.2) is 9.37 Å².